The number of rotatable bonds is 3. The molecule has 0 fully saturated rings. The van der Waals surface area contributed by atoms with E-state index in [0.717, 1.165) is 0 Å². The van der Waals surface area contributed by atoms with Crippen LogP contribution in [0.2, 0.25) is 0 Å². The van der Waals surface area contributed by atoms with Crippen molar-refractivity contribution in [3.8, 4) is 5.75 Å². The molecule has 0 aromatic heterocycles. The first-order chi connectivity index (χ1) is 7.81. The predicted octanol–water partition coefficient (Wildman–Crippen LogP) is 2.17. The van der Waals surface area contributed by atoms with Gasteiger partial charge in [-0.1, -0.05) is 0 Å². The van der Waals surface area contributed by atoms with E-state index >= 15 is 0 Å². The maximum atomic E-state index is 11.9. The van der Waals surface area contributed by atoms with Gasteiger partial charge in [-0.05, 0) is 12.1 Å². The molecule has 1 aromatic rings. The van der Waals surface area contributed by atoms with Crippen molar-refractivity contribution in [2.75, 3.05) is 18.2 Å². The van der Waals surface area contributed by atoms with Crippen LogP contribution >= 0.6 is 0 Å². The minimum Gasteiger partial charge on any atom is -0.494 e. The summed E-state index contributed by atoms with van der Waals surface area (Å²) in [4.78, 5) is 11.1. The van der Waals surface area contributed by atoms with E-state index in [0.29, 0.717) is 5.69 Å². The Bertz CT molecular complexity index is 419. The number of hydrogen-bond donors (Lipinski definition) is 2. The lowest BCUT2D eigenvalue weighted by molar-refractivity contribution is -0.150. The van der Waals surface area contributed by atoms with Gasteiger partial charge in [-0.2, -0.15) is 13.2 Å². The molecule has 4 nitrogen and oxygen atoms in total. The van der Waals surface area contributed by atoms with Crippen LogP contribution in [-0.2, 0) is 4.79 Å². The molecular weight excluding hydrogens is 237 g/mol. The summed E-state index contributed by atoms with van der Waals surface area (Å²) >= 11 is 0. The largest absolute Gasteiger partial charge is 0.494 e. The first-order valence-electron chi connectivity index (χ1n) is 4.62. The molecule has 0 atom stereocenters. The third-order valence-electron chi connectivity index (χ3n) is 1.86. The number of ether oxygens (including phenoxy) is 1. The van der Waals surface area contributed by atoms with Crippen molar-refractivity contribution in [2.24, 2.45) is 0 Å². The van der Waals surface area contributed by atoms with Crippen molar-refractivity contribution in [3.05, 3.63) is 18.2 Å². The molecule has 0 unspecified atom stereocenters. The fourth-order valence-corrected chi connectivity index (χ4v) is 1.19. The molecule has 0 saturated heterocycles. The van der Waals surface area contributed by atoms with Crippen molar-refractivity contribution < 1.29 is 22.7 Å². The van der Waals surface area contributed by atoms with Crippen LogP contribution < -0.4 is 15.8 Å². The van der Waals surface area contributed by atoms with Crippen LogP contribution in [0.4, 0.5) is 24.5 Å². The number of nitrogens with one attached hydrogen (secondary N) is 1. The van der Waals surface area contributed by atoms with Gasteiger partial charge in [0.2, 0.25) is 5.91 Å². The number of anilines is 2. The van der Waals surface area contributed by atoms with Crippen LogP contribution in [0.15, 0.2) is 18.2 Å². The second-order valence-electron chi connectivity index (χ2n) is 3.30. The predicted molar refractivity (Wildman–Crippen MR) is 56.7 cm³/mol. The zero-order valence-electron chi connectivity index (χ0n) is 8.97. The molecule has 0 bridgehead atoms. The maximum absolute atomic E-state index is 11.9. The van der Waals surface area contributed by atoms with Gasteiger partial charge in [-0.15, -0.1) is 0 Å². The number of alkyl halides is 3. The number of benzene rings is 1. The molecule has 94 valence electrons. The van der Waals surface area contributed by atoms with Crippen LogP contribution in [0.25, 0.3) is 0 Å². The summed E-state index contributed by atoms with van der Waals surface area (Å²) in [7, 11) is 1.33. The van der Waals surface area contributed by atoms with E-state index in [-0.39, 0.29) is 11.4 Å². The smallest absolute Gasteiger partial charge is 0.397 e. The monoisotopic (exact) mass is 248 g/mol. The highest BCUT2D eigenvalue weighted by Gasteiger charge is 2.31. The van der Waals surface area contributed by atoms with Crippen molar-refractivity contribution in [2.45, 2.75) is 12.6 Å². The van der Waals surface area contributed by atoms with Crippen molar-refractivity contribution in [1.29, 1.82) is 0 Å². The van der Waals surface area contributed by atoms with Gasteiger partial charge in [-0.25, -0.2) is 0 Å². The van der Waals surface area contributed by atoms with Crippen molar-refractivity contribution in [3.63, 3.8) is 0 Å². The number of carbonyl (C=O) groups is 1. The van der Waals surface area contributed by atoms with Crippen LogP contribution in [-0.4, -0.2) is 19.2 Å². The molecule has 0 saturated carbocycles. The summed E-state index contributed by atoms with van der Waals surface area (Å²) in [5.74, 6) is -0.943. The normalized spacial score (nSPS) is 11.1. The molecule has 0 aliphatic rings. The first kappa shape index (κ1) is 13.1. The van der Waals surface area contributed by atoms with Gasteiger partial charge in [0.25, 0.3) is 0 Å². The minimum atomic E-state index is -4.54. The van der Waals surface area contributed by atoms with Gasteiger partial charge in [-0.3, -0.25) is 4.79 Å². The number of halogens is 3. The number of amides is 1. The lowest BCUT2D eigenvalue weighted by Crippen LogP contribution is -2.21. The van der Waals surface area contributed by atoms with Gasteiger partial charge in [0.15, 0.2) is 0 Å². The van der Waals surface area contributed by atoms with Gasteiger partial charge in [0, 0.05) is 11.8 Å². The topological polar surface area (TPSA) is 64.3 Å². The first-order valence-corrected chi connectivity index (χ1v) is 4.62. The third-order valence-corrected chi connectivity index (χ3v) is 1.86. The zero-order valence-corrected chi connectivity index (χ0v) is 8.97. The fraction of sp³-hybridized carbons (Fsp3) is 0.300. The molecule has 0 radical (unpaired) electrons. The van der Waals surface area contributed by atoms with Gasteiger partial charge in [0.05, 0.1) is 12.8 Å². The molecule has 0 aliphatic heterocycles. The molecule has 0 spiro atoms. The molecular formula is C10H11F3N2O2. The second-order valence-corrected chi connectivity index (χ2v) is 3.30. The fourth-order valence-electron chi connectivity index (χ4n) is 1.19. The lowest BCUT2D eigenvalue weighted by Gasteiger charge is -2.11. The number of hydrogen-bond acceptors (Lipinski definition) is 3. The highest BCUT2D eigenvalue weighted by atomic mass is 19.4. The quantitative estimate of drug-likeness (QED) is 0.806. The summed E-state index contributed by atoms with van der Waals surface area (Å²) in [5.41, 5.74) is 6.00. The van der Waals surface area contributed by atoms with E-state index < -0.39 is 18.5 Å². The summed E-state index contributed by atoms with van der Waals surface area (Å²) < 4.78 is 40.7. The molecule has 1 amide bonds. The summed E-state index contributed by atoms with van der Waals surface area (Å²) in [6.07, 6.45) is -6.08. The van der Waals surface area contributed by atoms with Crippen molar-refractivity contribution in [1.82, 2.24) is 0 Å². The Labute approximate surface area is 95.6 Å². The number of carbonyl (C=O) groups excluding carboxylic acids is 1. The van der Waals surface area contributed by atoms with Crippen LogP contribution in [0.1, 0.15) is 6.42 Å². The van der Waals surface area contributed by atoms with Gasteiger partial charge >= 0.3 is 6.18 Å². The van der Waals surface area contributed by atoms with Crippen LogP contribution in [0.5, 0.6) is 5.75 Å². The summed E-state index contributed by atoms with van der Waals surface area (Å²) in [6.45, 7) is 0. The van der Waals surface area contributed by atoms with E-state index in [1.807, 2.05) is 0 Å². The summed E-state index contributed by atoms with van der Waals surface area (Å²) in [5, 5.41) is 2.11. The highest BCUT2D eigenvalue weighted by molar-refractivity contribution is 5.93. The Balaban J connectivity index is 2.78. The van der Waals surface area contributed by atoms with E-state index in [1.54, 1.807) is 0 Å². The maximum Gasteiger partial charge on any atom is 0.397 e. The standard InChI is InChI=1S/C10H11F3N2O2/c1-17-8-4-6(14)2-3-7(8)15-9(16)5-10(11,12)13/h2-4H,5,14H2,1H3,(H,15,16). The Morgan fingerprint density at radius 2 is 2.12 bits per heavy atom. The number of nitrogen functional groups attached to an aromatic ring is 1. The van der Waals surface area contributed by atoms with E-state index in [9.17, 15) is 18.0 Å². The highest BCUT2D eigenvalue weighted by Crippen LogP contribution is 2.28. The average Bonchev–Trinajstić information content (AvgIpc) is 2.17. The number of methoxy groups -OCH3 is 1. The van der Waals surface area contributed by atoms with E-state index in [4.69, 9.17) is 10.5 Å². The molecule has 1 aromatic carbocycles. The zero-order chi connectivity index (χ0) is 13.1. The summed E-state index contributed by atoms with van der Waals surface area (Å²) in [6, 6.07) is 4.23. The SMILES string of the molecule is COc1cc(N)ccc1NC(=O)CC(F)(F)F. The molecule has 7 heteroatoms. The number of nitrogens with two attached hydrogens (primary N) is 1. The van der Waals surface area contributed by atoms with E-state index in [2.05, 4.69) is 5.32 Å². The Kier molecular flexibility index (Phi) is 3.82. The molecule has 0 heterocycles. The van der Waals surface area contributed by atoms with Crippen LogP contribution in [0.3, 0.4) is 0 Å². The average molecular weight is 248 g/mol. The Hall–Kier alpha value is -1.92. The van der Waals surface area contributed by atoms with E-state index in [1.165, 1.54) is 25.3 Å². The molecule has 17 heavy (non-hydrogen) atoms. The van der Waals surface area contributed by atoms with Crippen LogP contribution in [0, 0.1) is 0 Å². The van der Waals surface area contributed by atoms with Crippen molar-refractivity contribution >= 4 is 17.3 Å². The molecule has 3 N–H and O–H groups in total. The Morgan fingerprint density at radius 3 is 2.65 bits per heavy atom. The third kappa shape index (κ3) is 4.21. The second kappa shape index (κ2) is 4.94. The van der Waals surface area contributed by atoms with Gasteiger partial charge in [0.1, 0.15) is 12.2 Å². The Morgan fingerprint density at radius 1 is 1.47 bits per heavy atom. The lowest BCUT2D eigenvalue weighted by atomic mass is 10.2. The molecule has 0 aliphatic carbocycles. The molecule has 1 rings (SSSR count). The minimum absolute atomic E-state index is 0.149. The van der Waals surface area contributed by atoms with Gasteiger partial charge < -0.3 is 15.8 Å².